The summed E-state index contributed by atoms with van der Waals surface area (Å²) >= 11 is 13.9. The molecule has 110 valence electrons. The van der Waals surface area contributed by atoms with Crippen LogP contribution in [0.2, 0.25) is 10.0 Å². The Hall–Kier alpha value is -1.81. The Labute approximate surface area is 142 Å². The van der Waals surface area contributed by atoms with Gasteiger partial charge >= 0.3 is 0 Å². The lowest BCUT2D eigenvalue weighted by Gasteiger charge is -2.02. The van der Waals surface area contributed by atoms with Crippen molar-refractivity contribution in [3.8, 4) is 20.9 Å². The van der Waals surface area contributed by atoms with Gasteiger partial charge in [-0.1, -0.05) is 53.5 Å². The first kappa shape index (κ1) is 15.1. The molecule has 3 N–H and O–H groups in total. The van der Waals surface area contributed by atoms with Crippen LogP contribution in [0.15, 0.2) is 54.6 Å². The Kier molecular flexibility index (Phi) is 4.21. The number of rotatable bonds is 3. The van der Waals surface area contributed by atoms with Gasteiger partial charge in [-0.3, -0.25) is 5.41 Å². The van der Waals surface area contributed by atoms with E-state index in [9.17, 15) is 0 Å². The van der Waals surface area contributed by atoms with Gasteiger partial charge in [0.05, 0.1) is 5.02 Å². The summed E-state index contributed by atoms with van der Waals surface area (Å²) in [5.41, 5.74) is 8.26. The number of thiophene rings is 1. The summed E-state index contributed by atoms with van der Waals surface area (Å²) in [6.07, 6.45) is 0. The van der Waals surface area contributed by atoms with E-state index < -0.39 is 0 Å². The quantitative estimate of drug-likeness (QED) is 0.465. The third kappa shape index (κ3) is 3.02. The molecular formula is C17H12Cl2N2S. The minimum absolute atomic E-state index is 0.0753. The van der Waals surface area contributed by atoms with E-state index in [1.807, 2.05) is 42.5 Å². The van der Waals surface area contributed by atoms with Gasteiger partial charge in [0.15, 0.2) is 0 Å². The highest BCUT2D eigenvalue weighted by Gasteiger charge is 2.09. The Morgan fingerprint density at radius 1 is 0.909 bits per heavy atom. The highest BCUT2D eigenvalue weighted by Crippen LogP contribution is 2.38. The van der Waals surface area contributed by atoms with Crippen molar-refractivity contribution in [2.75, 3.05) is 0 Å². The molecule has 0 saturated heterocycles. The van der Waals surface area contributed by atoms with E-state index >= 15 is 0 Å². The molecule has 0 aliphatic carbocycles. The van der Waals surface area contributed by atoms with Crippen molar-refractivity contribution in [3.63, 3.8) is 0 Å². The van der Waals surface area contributed by atoms with Crippen LogP contribution in [0.25, 0.3) is 20.9 Å². The average Bonchev–Trinajstić information content (AvgIpc) is 2.97. The molecule has 3 aromatic rings. The van der Waals surface area contributed by atoms with Gasteiger partial charge in [-0.15, -0.1) is 11.3 Å². The summed E-state index contributed by atoms with van der Waals surface area (Å²) in [7, 11) is 0. The molecule has 0 spiro atoms. The van der Waals surface area contributed by atoms with Crippen molar-refractivity contribution >= 4 is 40.4 Å². The van der Waals surface area contributed by atoms with Gasteiger partial charge in [0.25, 0.3) is 0 Å². The number of nitrogen functional groups attached to an aromatic ring is 1. The normalized spacial score (nSPS) is 10.6. The maximum absolute atomic E-state index is 7.42. The minimum Gasteiger partial charge on any atom is -0.384 e. The van der Waals surface area contributed by atoms with Gasteiger partial charge < -0.3 is 5.73 Å². The van der Waals surface area contributed by atoms with Crippen LogP contribution in [0.4, 0.5) is 0 Å². The van der Waals surface area contributed by atoms with E-state index in [4.69, 9.17) is 34.3 Å². The summed E-state index contributed by atoms with van der Waals surface area (Å²) in [4.78, 5) is 2.23. The van der Waals surface area contributed by atoms with Crippen molar-refractivity contribution in [2.24, 2.45) is 5.73 Å². The second-order valence-electron chi connectivity index (χ2n) is 4.78. The molecule has 0 atom stereocenters. The molecule has 22 heavy (non-hydrogen) atoms. The van der Waals surface area contributed by atoms with Crippen molar-refractivity contribution in [1.82, 2.24) is 0 Å². The van der Waals surface area contributed by atoms with Crippen molar-refractivity contribution in [3.05, 3.63) is 70.2 Å². The van der Waals surface area contributed by atoms with Crippen molar-refractivity contribution in [1.29, 1.82) is 5.41 Å². The van der Waals surface area contributed by atoms with E-state index in [0.29, 0.717) is 10.0 Å². The number of nitrogens with two attached hydrogens (primary N) is 1. The average molecular weight is 347 g/mol. The predicted octanol–water partition coefficient (Wildman–Crippen LogP) is 5.67. The van der Waals surface area contributed by atoms with Crippen LogP contribution < -0.4 is 5.73 Å². The summed E-state index contributed by atoms with van der Waals surface area (Å²) in [5, 5.41) is 8.70. The highest BCUT2D eigenvalue weighted by molar-refractivity contribution is 7.18. The van der Waals surface area contributed by atoms with E-state index in [0.717, 1.165) is 26.4 Å². The molecule has 0 saturated carbocycles. The Bertz CT molecular complexity index is 838. The Morgan fingerprint density at radius 2 is 1.59 bits per heavy atom. The van der Waals surface area contributed by atoms with Crippen LogP contribution in [0, 0.1) is 5.41 Å². The molecule has 2 nitrogen and oxygen atoms in total. The second-order valence-corrected chi connectivity index (χ2v) is 6.71. The first-order valence-corrected chi connectivity index (χ1v) is 8.12. The molecule has 2 aromatic carbocycles. The van der Waals surface area contributed by atoms with E-state index in [1.165, 1.54) is 0 Å². The molecule has 0 bridgehead atoms. The molecule has 1 aromatic heterocycles. The zero-order valence-corrected chi connectivity index (χ0v) is 13.8. The molecule has 0 fully saturated rings. The summed E-state index contributed by atoms with van der Waals surface area (Å²) in [6, 6.07) is 17.3. The smallest absolute Gasteiger partial charge is 0.122 e. The largest absolute Gasteiger partial charge is 0.384 e. The van der Waals surface area contributed by atoms with Crippen LogP contribution in [0.1, 0.15) is 5.56 Å². The molecule has 0 aliphatic heterocycles. The topological polar surface area (TPSA) is 49.9 Å². The third-order valence-electron chi connectivity index (χ3n) is 3.28. The zero-order valence-electron chi connectivity index (χ0n) is 11.4. The molecule has 0 amide bonds. The van der Waals surface area contributed by atoms with E-state index in [-0.39, 0.29) is 5.84 Å². The standard InChI is InChI=1S/C17H12Cl2N2S/c18-12-5-6-13(14(19)9-12)16-8-7-15(22-16)10-1-3-11(4-2-10)17(20)21/h1-9H,(H3,20,21). The fourth-order valence-corrected chi connectivity index (χ4v) is 3.76. The second kappa shape index (κ2) is 6.13. The molecule has 1 heterocycles. The zero-order chi connectivity index (χ0) is 15.7. The number of hydrogen-bond acceptors (Lipinski definition) is 2. The predicted molar refractivity (Wildman–Crippen MR) is 96.2 cm³/mol. The van der Waals surface area contributed by atoms with Gasteiger partial charge in [0, 0.05) is 25.9 Å². The third-order valence-corrected chi connectivity index (χ3v) is 5.00. The van der Waals surface area contributed by atoms with Crippen LogP contribution in [-0.4, -0.2) is 5.84 Å². The fraction of sp³-hybridized carbons (Fsp3) is 0. The maximum atomic E-state index is 7.42. The summed E-state index contributed by atoms with van der Waals surface area (Å²) in [6.45, 7) is 0. The first-order valence-electron chi connectivity index (χ1n) is 6.54. The molecule has 3 rings (SSSR count). The van der Waals surface area contributed by atoms with Crippen LogP contribution in [-0.2, 0) is 0 Å². The first-order chi connectivity index (χ1) is 10.5. The molecular weight excluding hydrogens is 335 g/mol. The van der Waals surface area contributed by atoms with Crippen LogP contribution in [0.3, 0.4) is 0 Å². The van der Waals surface area contributed by atoms with Crippen LogP contribution in [0.5, 0.6) is 0 Å². The van der Waals surface area contributed by atoms with Crippen molar-refractivity contribution in [2.45, 2.75) is 0 Å². The highest BCUT2D eigenvalue weighted by atomic mass is 35.5. The SMILES string of the molecule is N=C(N)c1ccc(-c2ccc(-c3ccc(Cl)cc3Cl)s2)cc1. The number of hydrogen-bond donors (Lipinski definition) is 2. The number of amidine groups is 1. The lowest BCUT2D eigenvalue weighted by molar-refractivity contribution is 1.43. The Morgan fingerprint density at radius 3 is 2.23 bits per heavy atom. The van der Waals surface area contributed by atoms with E-state index in [2.05, 4.69) is 6.07 Å². The maximum Gasteiger partial charge on any atom is 0.122 e. The lowest BCUT2D eigenvalue weighted by atomic mass is 10.1. The minimum atomic E-state index is 0.0753. The van der Waals surface area contributed by atoms with Gasteiger partial charge in [0.1, 0.15) is 5.84 Å². The molecule has 0 aliphatic rings. The van der Waals surface area contributed by atoms with Gasteiger partial charge in [-0.05, 0) is 29.8 Å². The summed E-state index contributed by atoms with van der Waals surface area (Å²) in [5.74, 6) is 0.0753. The number of benzene rings is 2. The van der Waals surface area contributed by atoms with Gasteiger partial charge in [-0.25, -0.2) is 0 Å². The monoisotopic (exact) mass is 346 g/mol. The number of nitrogens with one attached hydrogen (secondary N) is 1. The molecule has 5 heteroatoms. The van der Waals surface area contributed by atoms with Crippen molar-refractivity contribution < 1.29 is 0 Å². The van der Waals surface area contributed by atoms with Gasteiger partial charge in [0.2, 0.25) is 0 Å². The number of halogens is 2. The molecule has 0 unspecified atom stereocenters. The van der Waals surface area contributed by atoms with E-state index in [1.54, 1.807) is 17.4 Å². The molecule has 0 radical (unpaired) electrons. The Balaban J connectivity index is 1.95. The fourth-order valence-electron chi connectivity index (χ4n) is 2.14. The lowest BCUT2D eigenvalue weighted by Crippen LogP contribution is -2.10. The summed E-state index contributed by atoms with van der Waals surface area (Å²) < 4.78 is 0. The van der Waals surface area contributed by atoms with Gasteiger partial charge in [-0.2, -0.15) is 0 Å². The van der Waals surface area contributed by atoms with Crippen LogP contribution >= 0.6 is 34.5 Å².